The molecule has 1 aliphatic rings. The molecule has 1 aliphatic heterocycles. The smallest absolute Gasteiger partial charge is 0.0626 e. The summed E-state index contributed by atoms with van der Waals surface area (Å²) in [6.07, 6.45) is 4.39. The fourth-order valence-corrected chi connectivity index (χ4v) is 2.30. The van der Waals surface area contributed by atoms with E-state index in [0.717, 1.165) is 6.54 Å². The van der Waals surface area contributed by atoms with Gasteiger partial charge in [-0.2, -0.15) is 5.10 Å². The van der Waals surface area contributed by atoms with Crippen LogP contribution in [0.1, 0.15) is 26.0 Å². The lowest BCUT2D eigenvalue weighted by Crippen LogP contribution is -2.26. The Morgan fingerprint density at radius 2 is 2.33 bits per heavy atom. The van der Waals surface area contributed by atoms with Crippen molar-refractivity contribution in [2.75, 3.05) is 0 Å². The third-order valence-corrected chi connectivity index (χ3v) is 3.45. The first kappa shape index (κ1) is 8.53. The summed E-state index contributed by atoms with van der Waals surface area (Å²) in [4.78, 5) is 0. The summed E-state index contributed by atoms with van der Waals surface area (Å²) >= 11 is 2.37. The molecule has 0 aromatic carbocycles. The van der Waals surface area contributed by atoms with E-state index in [4.69, 9.17) is 0 Å². The first-order chi connectivity index (χ1) is 5.58. The van der Waals surface area contributed by atoms with Crippen LogP contribution < -0.4 is 0 Å². The van der Waals surface area contributed by atoms with Crippen molar-refractivity contribution in [2.45, 2.75) is 33.2 Å². The second kappa shape index (κ2) is 2.72. The van der Waals surface area contributed by atoms with Crippen molar-refractivity contribution in [3.8, 4) is 0 Å². The Labute approximate surface area is 86.5 Å². The Morgan fingerprint density at radius 3 is 3.08 bits per heavy atom. The molecule has 12 heavy (non-hydrogen) atoms. The highest BCUT2D eigenvalue weighted by molar-refractivity contribution is 14.1. The maximum Gasteiger partial charge on any atom is 0.0626 e. The molecule has 0 unspecified atom stereocenters. The van der Waals surface area contributed by atoms with Crippen LogP contribution in [0.2, 0.25) is 0 Å². The molecule has 0 amide bonds. The Kier molecular flexibility index (Phi) is 1.93. The van der Waals surface area contributed by atoms with Crippen molar-refractivity contribution in [1.29, 1.82) is 0 Å². The Balaban J connectivity index is 2.38. The quantitative estimate of drug-likeness (QED) is 0.665. The van der Waals surface area contributed by atoms with E-state index in [1.165, 1.54) is 22.1 Å². The molecule has 0 saturated carbocycles. The highest BCUT2D eigenvalue weighted by Gasteiger charge is 2.27. The van der Waals surface area contributed by atoms with Gasteiger partial charge in [-0.05, 0) is 40.8 Å². The molecule has 1 aromatic rings. The zero-order chi connectivity index (χ0) is 8.77. The topological polar surface area (TPSA) is 17.8 Å². The van der Waals surface area contributed by atoms with E-state index < -0.39 is 0 Å². The minimum absolute atomic E-state index is 0.468. The summed E-state index contributed by atoms with van der Waals surface area (Å²) in [5, 5.41) is 4.33. The van der Waals surface area contributed by atoms with E-state index in [1.807, 2.05) is 6.20 Å². The molecule has 0 N–H and O–H groups in total. The average molecular weight is 276 g/mol. The minimum atomic E-state index is 0.468. The third kappa shape index (κ3) is 1.39. The van der Waals surface area contributed by atoms with Crippen LogP contribution in [-0.4, -0.2) is 9.78 Å². The lowest BCUT2D eigenvalue weighted by molar-refractivity contribution is 0.259. The molecule has 0 aliphatic carbocycles. The molecule has 1 aromatic heterocycles. The van der Waals surface area contributed by atoms with E-state index in [-0.39, 0.29) is 0 Å². The molecule has 0 fully saturated rings. The summed E-state index contributed by atoms with van der Waals surface area (Å²) in [6.45, 7) is 5.75. The highest BCUT2D eigenvalue weighted by atomic mass is 127. The van der Waals surface area contributed by atoms with Crippen LogP contribution >= 0.6 is 22.6 Å². The second-order valence-corrected chi connectivity index (χ2v) is 5.42. The van der Waals surface area contributed by atoms with Gasteiger partial charge in [-0.3, -0.25) is 4.68 Å². The monoisotopic (exact) mass is 276 g/mol. The van der Waals surface area contributed by atoms with Gasteiger partial charge < -0.3 is 0 Å². The first-order valence-corrected chi connectivity index (χ1v) is 5.37. The molecule has 0 atom stereocenters. The number of aromatic nitrogens is 2. The molecule has 3 heteroatoms. The molecular weight excluding hydrogens is 263 g/mol. The van der Waals surface area contributed by atoms with Crippen molar-refractivity contribution in [1.82, 2.24) is 9.78 Å². The molecule has 2 heterocycles. The normalized spacial score (nSPS) is 20.6. The summed E-state index contributed by atoms with van der Waals surface area (Å²) in [5.74, 6) is 0. The molecular formula is C9H13IN2. The zero-order valence-corrected chi connectivity index (χ0v) is 9.63. The third-order valence-electron chi connectivity index (χ3n) is 2.54. The van der Waals surface area contributed by atoms with Crippen LogP contribution in [0.3, 0.4) is 0 Å². The standard InChI is InChI=1S/C9H13IN2/c1-9(2)3-4-12-8(5-9)7(10)6-11-12/h6H,3-5H2,1-2H3. The van der Waals surface area contributed by atoms with Crippen LogP contribution in [0.5, 0.6) is 0 Å². The lowest BCUT2D eigenvalue weighted by Gasteiger charge is -2.30. The van der Waals surface area contributed by atoms with Crippen molar-refractivity contribution in [3.63, 3.8) is 0 Å². The van der Waals surface area contributed by atoms with Crippen molar-refractivity contribution >= 4 is 22.6 Å². The van der Waals surface area contributed by atoms with Crippen LogP contribution in [0, 0.1) is 8.99 Å². The van der Waals surface area contributed by atoms with Gasteiger partial charge in [0.25, 0.3) is 0 Å². The highest BCUT2D eigenvalue weighted by Crippen LogP contribution is 2.32. The SMILES string of the molecule is CC1(C)CCn2ncc(I)c2C1. The molecule has 0 bridgehead atoms. The molecule has 0 spiro atoms. The van der Waals surface area contributed by atoms with E-state index >= 15 is 0 Å². The summed E-state index contributed by atoms with van der Waals surface area (Å²) < 4.78 is 3.47. The van der Waals surface area contributed by atoms with Crippen LogP contribution in [0.25, 0.3) is 0 Å². The van der Waals surface area contributed by atoms with Gasteiger partial charge in [-0.25, -0.2) is 0 Å². The Hall–Kier alpha value is -0.0600. The van der Waals surface area contributed by atoms with E-state index in [1.54, 1.807) is 0 Å². The maximum atomic E-state index is 4.33. The number of halogens is 1. The van der Waals surface area contributed by atoms with E-state index in [9.17, 15) is 0 Å². The van der Waals surface area contributed by atoms with Gasteiger partial charge in [-0.15, -0.1) is 0 Å². The summed E-state index contributed by atoms with van der Waals surface area (Å²) in [6, 6.07) is 0. The maximum absolute atomic E-state index is 4.33. The fourth-order valence-electron chi connectivity index (χ4n) is 1.71. The summed E-state index contributed by atoms with van der Waals surface area (Å²) in [7, 11) is 0. The summed E-state index contributed by atoms with van der Waals surface area (Å²) in [5.41, 5.74) is 1.89. The predicted octanol–water partition coefficient (Wildman–Crippen LogP) is 2.46. The van der Waals surface area contributed by atoms with Gasteiger partial charge in [0.2, 0.25) is 0 Å². The van der Waals surface area contributed by atoms with Gasteiger partial charge in [0.1, 0.15) is 0 Å². The van der Waals surface area contributed by atoms with Crippen molar-refractivity contribution in [3.05, 3.63) is 15.5 Å². The van der Waals surface area contributed by atoms with Gasteiger partial charge in [0, 0.05) is 6.54 Å². The van der Waals surface area contributed by atoms with E-state index in [0.29, 0.717) is 5.41 Å². The first-order valence-electron chi connectivity index (χ1n) is 4.29. The van der Waals surface area contributed by atoms with Crippen LogP contribution in [-0.2, 0) is 13.0 Å². The largest absolute Gasteiger partial charge is 0.268 e. The molecule has 0 saturated heterocycles. The van der Waals surface area contributed by atoms with Gasteiger partial charge in [0.05, 0.1) is 15.5 Å². The Morgan fingerprint density at radius 1 is 1.58 bits per heavy atom. The fraction of sp³-hybridized carbons (Fsp3) is 0.667. The minimum Gasteiger partial charge on any atom is -0.268 e. The van der Waals surface area contributed by atoms with Gasteiger partial charge in [0.15, 0.2) is 0 Å². The Bertz CT molecular complexity index is 301. The molecule has 0 radical (unpaired) electrons. The number of aryl methyl sites for hydroxylation is 1. The lowest BCUT2D eigenvalue weighted by atomic mass is 9.82. The molecule has 2 rings (SSSR count). The average Bonchev–Trinajstić information content (AvgIpc) is 2.31. The number of nitrogens with zero attached hydrogens (tertiary/aromatic N) is 2. The zero-order valence-electron chi connectivity index (χ0n) is 7.47. The number of rotatable bonds is 0. The van der Waals surface area contributed by atoms with Crippen LogP contribution in [0.15, 0.2) is 6.20 Å². The molecule has 2 nitrogen and oxygen atoms in total. The molecule has 66 valence electrons. The number of fused-ring (bicyclic) bond motifs is 1. The van der Waals surface area contributed by atoms with Gasteiger partial charge >= 0.3 is 0 Å². The second-order valence-electron chi connectivity index (χ2n) is 4.25. The van der Waals surface area contributed by atoms with Crippen LogP contribution in [0.4, 0.5) is 0 Å². The predicted molar refractivity (Wildman–Crippen MR) is 57.0 cm³/mol. The number of hydrogen-bond acceptors (Lipinski definition) is 1. The van der Waals surface area contributed by atoms with Gasteiger partial charge in [-0.1, -0.05) is 13.8 Å². The number of hydrogen-bond donors (Lipinski definition) is 0. The van der Waals surface area contributed by atoms with Crippen molar-refractivity contribution < 1.29 is 0 Å². The van der Waals surface area contributed by atoms with E-state index in [2.05, 4.69) is 46.2 Å². The van der Waals surface area contributed by atoms with Crippen molar-refractivity contribution in [2.24, 2.45) is 5.41 Å².